The molecule has 0 heterocycles. The number of amides is 1. The second kappa shape index (κ2) is 7.11. The van der Waals surface area contributed by atoms with Crippen molar-refractivity contribution in [2.24, 2.45) is 5.73 Å². The van der Waals surface area contributed by atoms with Crippen LogP contribution in [-0.2, 0) is 15.6 Å². The first-order valence-corrected chi connectivity index (χ1v) is 7.56. The predicted octanol–water partition coefficient (Wildman–Crippen LogP) is 1.17. The maximum Gasteiger partial charge on any atom is 0.235 e. The van der Waals surface area contributed by atoms with Gasteiger partial charge in [0.25, 0.3) is 0 Å². The van der Waals surface area contributed by atoms with Crippen LogP contribution in [0.25, 0.3) is 0 Å². The van der Waals surface area contributed by atoms with Gasteiger partial charge >= 0.3 is 0 Å². The second-order valence-electron chi connectivity index (χ2n) is 5.08. The van der Waals surface area contributed by atoms with Gasteiger partial charge in [-0.15, -0.1) is 0 Å². The van der Waals surface area contributed by atoms with Crippen LogP contribution in [0.1, 0.15) is 47.5 Å². The van der Waals surface area contributed by atoms with Gasteiger partial charge in [-0.1, -0.05) is 13.8 Å². The molecular weight excluding hydrogens is 236 g/mol. The first-order chi connectivity index (χ1) is 7.73. The fraction of sp³-hybridized carbons (Fsp3) is 0.917. The van der Waals surface area contributed by atoms with Gasteiger partial charge in [-0.05, 0) is 33.6 Å². The molecule has 1 amide bonds. The molecule has 0 saturated heterocycles. The van der Waals surface area contributed by atoms with Crippen LogP contribution in [0, 0.1) is 0 Å². The molecule has 0 radical (unpaired) electrons. The highest BCUT2D eigenvalue weighted by Crippen LogP contribution is 2.09. The molecule has 0 aromatic heterocycles. The summed E-state index contributed by atoms with van der Waals surface area (Å²) in [5.74, 6) is 0.232. The number of rotatable bonds is 7. The van der Waals surface area contributed by atoms with Crippen molar-refractivity contribution >= 4 is 16.7 Å². The van der Waals surface area contributed by atoms with Gasteiger partial charge in [0.15, 0.2) is 0 Å². The van der Waals surface area contributed by atoms with Crippen LogP contribution in [-0.4, -0.2) is 32.7 Å². The minimum absolute atomic E-state index is 0.0923. The van der Waals surface area contributed by atoms with Gasteiger partial charge in [-0.3, -0.25) is 9.00 Å². The zero-order chi connectivity index (χ0) is 13.6. The van der Waals surface area contributed by atoms with Crippen molar-refractivity contribution in [2.45, 2.75) is 64.3 Å². The topological polar surface area (TPSA) is 72.2 Å². The van der Waals surface area contributed by atoms with E-state index in [1.165, 1.54) is 0 Å². The summed E-state index contributed by atoms with van der Waals surface area (Å²) in [6.45, 7) is 9.57. The first kappa shape index (κ1) is 16.6. The summed E-state index contributed by atoms with van der Waals surface area (Å²) in [6, 6.07) is -0.0923. The van der Waals surface area contributed by atoms with Gasteiger partial charge < -0.3 is 11.1 Å². The van der Waals surface area contributed by atoms with E-state index in [2.05, 4.69) is 5.32 Å². The second-order valence-corrected chi connectivity index (χ2v) is 6.89. The van der Waals surface area contributed by atoms with Crippen molar-refractivity contribution in [1.82, 2.24) is 5.32 Å². The summed E-state index contributed by atoms with van der Waals surface area (Å²) in [5.41, 5.74) is 5.49. The minimum Gasteiger partial charge on any atom is -0.350 e. The number of carbonyl (C=O) groups excluding carboxylic acids is 1. The van der Waals surface area contributed by atoms with Crippen LogP contribution in [0.5, 0.6) is 0 Å². The first-order valence-electron chi connectivity index (χ1n) is 6.18. The van der Waals surface area contributed by atoms with Crippen LogP contribution in [0.4, 0.5) is 0 Å². The van der Waals surface area contributed by atoms with Crippen molar-refractivity contribution in [2.75, 3.05) is 5.75 Å². The number of hydrogen-bond donors (Lipinski definition) is 2. The number of nitrogens with two attached hydrogens (primary N) is 1. The lowest BCUT2D eigenvalue weighted by molar-refractivity contribution is -0.121. The van der Waals surface area contributed by atoms with E-state index >= 15 is 0 Å². The van der Waals surface area contributed by atoms with Crippen LogP contribution in [0.2, 0.25) is 0 Å². The summed E-state index contributed by atoms with van der Waals surface area (Å²) in [6.07, 6.45) is 1.62. The Labute approximate surface area is 107 Å². The third kappa shape index (κ3) is 6.17. The predicted molar refractivity (Wildman–Crippen MR) is 73.3 cm³/mol. The van der Waals surface area contributed by atoms with Gasteiger partial charge in [0.05, 0.1) is 0 Å². The van der Waals surface area contributed by atoms with Crippen molar-refractivity contribution < 1.29 is 9.00 Å². The normalized spacial score (nSPS) is 17.3. The van der Waals surface area contributed by atoms with Gasteiger partial charge in [-0.25, -0.2) is 0 Å². The molecule has 0 bridgehead atoms. The molecule has 3 unspecified atom stereocenters. The van der Waals surface area contributed by atoms with E-state index in [4.69, 9.17) is 5.73 Å². The SMILES string of the molecule is CCC(N)CS(=O)C(C)C(=O)NC(C)(C)CC. The molecule has 17 heavy (non-hydrogen) atoms. The molecule has 0 rings (SSSR count). The van der Waals surface area contributed by atoms with Gasteiger partial charge in [0.2, 0.25) is 5.91 Å². The van der Waals surface area contributed by atoms with Crippen LogP contribution in [0.3, 0.4) is 0 Å². The summed E-state index contributed by atoms with van der Waals surface area (Å²) in [7, 11) is -1.20. The average Bonchev–Trinajstić information content (AvgIpc) is 2.27. The van der Waals surface area contributed by atoms with E-state index in [0.29, 0.717) is 5.75 Å². The van der Waals surface area contributed by atoms with Crippen molar-refractivity contribution in [3.05, 3.63) is 0 Å². The molecule has 3 N–H and O–H groups in total. The third-order valence-corrected chi connectivity index (χ3v) is 4.77. The minimum atomic E-state index is -1.20. The average molecular weight is 262 g/mol. The van der Waals surface area contributed by atoms with Crippen molar-refractivity contribution in [3.63, 3.8) is 0 Å². The fourth-order valence-corrected chi connectivity index (χ4v) is 2.36. The monoisotopic (exact) mass is 262 g/mol. The lowest BCUT2D eigenvalue weighted by atomic mass is 10.0. The zero-order valence-electron chi connectivity index (χ0n) is 11.6. The highest BCUT2D eigenvalue weighted by Gasteiger charge is 2.26. The Morgan fingerprint density at radius 3 is 2.35 bits per heavy atom. The molecule has 0 saturated carbocycles. The van der Waals surface area contributed by atoms with Gasteiger partial charge in [-0.2, -0.15) is 0 Å². The number of carbonyl (C=O) groups is 1. The summed E-state index contributed by atoms with van der Waals surface area (Å²) in [5, 5.41) is 2.40. The number of hydrogen-bond acceptors (Lipinski definition) is 3. The maximum absolute atomic E-state index is 11.9. The summed E-state index contributed by atoms with van der Waals surface area (Å²) < 4.78 is 11.9. The van der Waals surface area contributed by atoms with Gasteiger partial charge in [0, 0.05) is 28.1 Å². The Hall–Kier alpha value is -0.420. The van der Waals surface area contributed by atoms with Crippen molar-refractivity contribution in [3.8, 4) is 0 Å². The molecule has 0 aliphatic carbocycles. The van der Waals surface area contributed by atoms with E-state index in [-0.39, 0.29) is 17.5 Å². The largest absolute Gasteiger partial charge is 0.350 e. The summed E-state index contributed by atoms with van der Waals surface area (Å²) in [4.78, 5) is 11.9. The van der Waals surface area contributed by atoms with Gasteiger partial charge in [0.1, 0.15) is 5.25 Å². The molecule has 5 heteroatoms. The smallest absolute Gasteiger partial charge is 0.235 e. The fourth-order valence-electron chi connectivity index (χ4n) is 1.12. The zero-order valence-corrected chi connectivity index (χ0v) is 12.4. The molecule has 0 aromatic carbocycles. The molecule has 0 fully saturated rings. The standard InChI is InChI=1S/C12H26N2O2S/c1-6-10(13)8-17(16)9(3)11(15)14-12(4,5)7-2/h9-10H,6-8,13H2,1-5H3,(H,14,15). The highest BCUT2D eigenvalue weighted by atomic mass is 32.2. The Morgan fingerprint density at radius 1 is 1.41 bits per heavy atom. The van der Waals surface area contributed by atoms with E-state index in [0.717, 1.165) is 12.8 Å². The van der Waals surface area contributed by atoms with E-state index < -0.39 is 16.0 Å². The van der Waals surface area contributed by atoms with E-state index in [1.807, 2.05) is 27.7 Å². The lowest BCUT2D eigenvalue weighted by Gasteiger charge is -2.26. The van der Waals surface area contributed by atoms with Crippen LogP contribution < -0.4 is 11.1 Å². The number of nitrogens with one attached hydrogen (secondary N) is 1. The molecule has 3 atom stereocenters. The molecular formula is C12H26N2O2S. The van der Waals surface area contributed by atoms with Crippen molar-refractivity contribution in [1.29, 1.82) is 0 Å². The van der Waals surface area contributed by atoms with Crippen LogP contribution in [0.15, 0.2) is 0 Å². The van der Waals surface area contributed by atoms with E-state index in [1.54, 1.807) is 6.92 Å². The van der Waals surface area contributed by atoms with Crippen LogP contribution >= 0.6 is 0 Å². The molecule has 0 aliphatic heterocycles. The maximum atomic E-state index is 11.9. The third-order valence-electron chi connectivity index (χ3n) is 3.01. The Balaban J connectivity index is 4.35. The Morgan fingerprint density at radius 2 is 1.94 bits per heavy atom. The highest BCUT2D eigenvalue weighted by molar-refractivity contribution is 7.86. The molecule has 4 nitrogen and oxygen atoms in total. The molecule has 0 aliphatic rings. The Kier molecular flexibility index (Phi) is 6.94. The lowest BCUT2D eigenvalue weighted by Crippen LogP contribution is -2.48. The van der Waals surface area contributed by atoms with E-state index in [9.17, 15) is 9.00 Å². The molecule has 0 aromatic rings. The quantitative estimate of drug-likeness (QED) is 0.723. The Bertz CT molecular complexity index is 280. The summed E-state index contributed by atoms with van der Waals surface area (Å²) >= 11 is 0. The molecule has 0 spiro atoms. The molecule has 102 valence electrons.